The first-order valence-corrected chi connectivity index (χ1v) is 6.85. The van der Waals surface area contributed by atoms with Crippen molar-refractivity contribution in [2.24, 2.45) is 0 Å². The lowest BCUT2D eigenvalue weighted by atomic mass is 10.0. The van der Waals surface area contributed by atoms with Gasteiger partial charge in [0, 0.05) is 0 Å². The minimum Gasteiger partial charge on any atom is -0.335 e. The van der Waals surface area contributed by atoms with Gasteiger partial charge < -0.3 is 10.2 Å². The highest BCUT2D eigenvalue weighted by atomic mass is 19.1. The smallest absolute Gasteiger partial charge is 0.239 e. The number of alkyl halides is 1. The van der Waals surface area contributed by atoms with E-state index in [1.165, 1.54) is 19.3 Å². The number of amides is 1. The molecule has 1 aliphatic heterocycles. The Balaban J connectivity index is 2.28. The summed E-state index contributed by atoms with van der Waals surface area (Å²) in [7, 11) is 0. The van der Waals surface area contributed by atoms with Gasteiger partial charge in [-0.1, -0.05) is 39.5 Å². The molecule has 100 valence electrons. The van der Waals surface area contributed by atoms with Crippen LogP contribution in [0.1, 0.15) is 46.0 Å². The number of halogens is 1. The first-order valence-electron chi connectivity index (χ1n) is 6.85. The molecule has 0 aliphatic carbocycles. The van der Waals surface area contributed by atoms with Crippen molar-refractivity contribution < 1.29 is 9.18 Å². The topological polar surface area (TPSA) is 32.3 Å². The third-order valence-corrected chi connectivity index (χ3v) is 3.24. The van der Waals surface area contributed by atoms with Crippen molar-refractivity contribution in [1.29, 1.82) is 0 Å². The molecule has 1 atom stereocenters. The maximum atomic E-state index is 12.7. The first-order chi connectivity index (χ1) is 8.19. The zero-order chi connectivity index (χ0) is 12.7. The van der Waals surface area contributed by atoms with E-state index >= 15 is 0 Å². The number of nitrogens with zero attached hydrogens (tertiary/aromatic N) is 1. The highest BCUT2D eigenvalue weighted by Gasteiger charge is 2.33. The van der Waals surface area contributed by atoms with E-state index in [-0.39, 0.29) is 25.0 Å². The van der Waals surface area contributed by atoms with E-state index in [9.17, 15) is 9.18 Å². The fraction of sp³-hybridized carbons (Fsp3) is 0.923. The fourth-order valence-electron chi connectivity index (χ4n) is 2.16. The van der Waals surface area contributed by atoms with Crippen LogP contribution in [0, 0.1) is 0 Å². The molecule has 3 nitrogen and oxygen atoms in total. The molecule has 0 aromatic rings. The molecule has 1 amide bonds. The Morgan fingerprint density at radius 1 is 1.35 bits per heavy atom. The minimum absolute atomic E-state index is 0.0808. The zero-order valence-corrected chi connectivity index (χ0v) is 11.0. The minimum atomic E-state index is -0.804. The summed E-state index contributed by atoms with van der Waals surface area (Å²) in [6.07, 6.45) is 4.75. The van der Waals surface area contributed by atoms with Crippen molar-refractivity contribution >= 4 is 5.91 Å². The van der Waals surface area contributed by atoms with Gasteiger partial charge in [0.15, 0.2) is 0 Å². The molecule has 1 heterocycles. The average molecular weight is 244 g/mol. The summed E-state index contributed by atoms with van der Waals surface area (Å²) in [6, 6.07) is -0.107. The standard InChI is InChI=1S/C13H25FN2O/c1-3-5-6-7-8-12(15-4-2)13(17)16-9-11(14)10-16/h11-12,15H,3-10H2,1-2H3. The fourth-order valence-corrected chi connectivity index (χ4v) is 2.16. The molecule has 0 saturated carbocycles. The molecule has 0 bridgehead atoms. The Morgan fingerprint density at radius 2 is 2.06 bits per heavy atom. The number of nitrogens with one attached hydrogen (secondary N) is 1. The largest absolute Gasteiger partial charge is 0.335 e. The Morgan fingerprint density at radius 3 is 2.59 bits per heavy atom. The summed E-state index contributed by atoms with van der Waals surface area (Å²) >= 11 is 0. The summed E-state index contributed by atoms with van der Waals surface area (Å²) < 4.78 is 12.7. The number of unbranched alkanes of at least 4 members (excludes halogenated alkanes) is 3. The number of rotatable bonds is 8. The first kappa shape index (κ1) is 14.4. The molecule has 1 fully saturated rings. The maximum Gasteiger partial charge on any atom is 0.239 e. The van der Waals surface area contributed by atoms with Gasteiger partial charge in [0.25, 0.3) is 0 Å². The second kappa shape index (κ2) is 7.64. The van der Waals surface area contributed by atoms with Gasteiger partial charge in [0.2, 0.25) is 5.91 Å². The quantitative estimate of drug-likeness (QED) is 0.663. The number of carbonyl (C=O) groups excluding carboxylic acids is 1. The SMILES string of the molecule is CCCCCCC(NCC)C(=O)N1CC(F)C1. The van der Waals surface area contributed by atoms with Crippen LogP contribution in [-0.4, -0.2) is 42.7 Å². The highest BCUT2D eigenvalue weighted by molar-refractivity contribution is 5.82. The summed E-state index contributed by atoms with van der Waals surface area (Å²) in [5.74, 6) is 0.0808. The molecule has 0 aromatic heterocycles. The van der Waals surface area contributed by atoms with Crippen molar-refractivity contribution in [3.63, 3.8) is 0 Å². The molecule has 0 aromatic carbocycles. The third kappa shape index (κ3) is 4.62. The van der Waals surface area contributed by atoms with Crippen molar-refractivity contribution in [3.05, 3.63) is 0 Å². The monoisotopic (exact) mass is 244 g/mol. The summed E-state index contributed by atoms with van der Waals surface area (Å²) in [4.78, 5) is 13.6. The molecule has 0 radical (unpaired) electrons. The molecule has 1 rings (SSSR count). The molecule has 17 heavy (non-hydrogen) atoms. The van der Waals surface area contributed by atoms with Crippen molar-refractivity contribution in [2.75, 3.05) is 19.6 Å². The molecule has 1 N–H and O–H groups in total. The van der Waals surface area contributed by atoms with Crippen LogP contribution in [-0.2, 0) is 4.79 Å². The molecular formula is C13H25FN2O. The molecule has 0 spiro atoms. The van der Waals surface area contributed by atoms with Crippen LogP contribution in [0.25, 0.3) is 0 Å². The van der Waals surface area contributed by atoms with E-state index in [1.807, 2.05) is 6.92 Å². The lowest BCUT2D eigenvalue weighted by Crippen LogP contribution is -2.57. The van der Waals surface area contributed by atoms with Gasteiger partial charge in [0.1, 0.15) is 6.17 Å². The van der Waals surface area contributed by atoms with Crippen molar-refractivity contribution in [2.45, 2.75) is 58.2 Å². The van der Waals surface area contributed by atoms with E-state index in [1.54, 1.807) is 4.90 Å². The Hall–Kier alpha value is -0.640. The maximum absolute atomic E-state index is 12.7. The van der Waals surface area contributed by atoms with Gasteiger partial charge in [0.05, 0.1) is 19.1 Å². The van der Waals surface area contributed by atoms with Gasteiger partial charge in [-0.25, -0.2) is 4.39 Å². The van der Waals surface area contributed by atoms with E-state index < -0.39 is 6.17 Å². The van der Waals surface area contributed by atoms with E-state index in [4.69, 9.17) is 0 Å². The van der Waals surface area contributed by atoms with Gasteiger partial charge in [-0.05, 0) is 13.0 Å². The number of carbonyl (C=O) groups is 1. The van der Waals surface area contributed by atoms with Gasteiger partial charge in [-0.3, -0.25) is 4.79 Å². The summed E-state index contributed by atoms with van der Waals surface area (Å²) in [5.41, 5.74) is 0. The highest BCUT2D eigenvalue weighted by Crippen LogP contribution is 2.15. The third-order valence-electron chi connectivity index (χ3n) is 3.24. The Kier molecular flexibility index (Phi) is 6.48. The number of likely N-dealkylation sites (N-methyl/N-ethyl adjacent to an activating group) is 1. The lowest BCUT2D eigenvalue weighted by molar-refractivity contribution is -0.140. The lowest BCUT2D eigenvalue weighted by Gasteiger charge is -2.37. The van der Waals surface area contributed by atoms with Crippen LogP contribution >= 0.6 is 0 Å². The van der Waals surface area contributed by atoms with Crippen LogP contribution in [0.15, 0.2) is 0 Å². The molecule has 1 unspecified atom stereocenters. The van der Waals surface area contributed by atoms with Crippen LogP contribution in [0.5, 0.6) is 0 Å². The predicted octanol–water partition coefficient (Wildman–Crippen LogP) is 2.12. The second-order valence-electron chi connectivity index (χ2n) is 4.80. The van der Waals surface area contributed by atoms with Crippen molar-refractivity contribution in [1.82, 2.24) is 10.2 Å². The van der Waals surface area contributed by atoms with Crippen molar-refractivity contribution in [3.8, 4) is 0 Å². The van der Waals surface area contributed by atoms with E-state index in [2.05, 4.69) is 12.2 Å². The van der Waals surface area contributed by atoms with Gasteiger partial charge in [-0.15, -0.1) is 0 Å². The number of likely N-dealkylation sites (tertiary alicyclic amines) is 1. The van der Waals surface area contributed by atoms with Gasteiger partial charge in [-0.2, -0.15) is 0 Å². The number of hydrogen-bond acceptors (Lipinski definition) is 2. The van der Waals surface area contributed by atoms with Crippen LogP contribution in [0.2, 0.25) is 0 Å². The second-order valence-corrected chi connectivity index (χ2v) is 4.80. The average Bonchev–Trinajstić information content (AvgIpc) is 2.28. The predicted molar refractivity (Wildman–Crippen MR) is 67.7 cm³/mol. The zero-order valence-electron chi connectivity index (χ0n) is 11.0. The molecular weight excluding hydrogens is 219 g/mol. The van der Waals surface area contributed by atoms with Crippen LogP contribution < -0.4 is 5.32 Å². The normalized spacial score (nSPS) is 17.9. The Bertz CT molecular complexity index is 229. The van der Waals surface area contributed by atoms with Gasteiger partial charge >= 0.3 is 0 Å². The Labute approximate surface area is 104 Å². The molecule has 1 saturated heterocycles. The van der Waals surface area contributed by atoms with Crippen LogP contribution in [0.3, 0.4) is 0 Å². The van der Waals surface area contributed by atoms with E-state index in [0.717, 1.165) is 19.4 Å². The summed E-state index contributed by atoms with van der Waals surface area (Å²) in [5, 5.41) is 3.21. The van der Waals surface area contributed by atoms with E-state index in [0.29, 0.717) is 0 Å². The summed E-state index contributed by atoms with van der Waals surface area (Å²) in [6.45, 7) is 5.54. The molecule has 1 aliphatic rings. The van der Waals surface area contributed by atoms with Crippen LogP contribution in [0.4, 0.5) is 4.39 Å². The number of hydrogen-bond donors (Lipinski definition) is 1. The molecule has 4 heteroatoms.